The SMILES string of the molecule is CCc1cc[n+](C)c(-c2cc3c(cc2C)C(C)(C)c2ncccc2-3)c1. The molecule has 0 radical (unpaired) electrons. The first kappa shape index (κ1) is 16.0. The van der Waals surface area contributed by atoms with E-state index in [4.69, 9.17) is 4.98 Å². The van der Waals surface area contributed by atoms with Gasteiger partial charge in [-0.25, -0.2) is 4.57 Å². The topological polar surface area (TPSA) is 16.8 Å². The molecule has 126 valence electrons. The number of nitrogens with zero attached hydrogens (tertiary/aromatic N) is 2. The number of fused-ring (bicyclic) bond motifs is 3. The highest BCUT2D eigenvalue weighted by Gasteiger charge is 2.37. The van der Waals surface area contributed by atoms with E-state index in [0.717, 1.165) is 6.42 Å². The Morgan fingerprint density at radius 2 is 1.84 bits per heavy atom. The molecule has 0 bridgehead atoms. The Morgan fingerprint density at radius 1 is 1.04 bits per heavy atom. The van der Waals surface area contributed by atoms with E-state index in [2.05, 4.69) is 75.8 Å². The van der Waals surface area contributed by atoms with Crippen LogP contribution in [0.4, 0.5) is 0 Å². The second-order valence-corrected chi connectivity index (χ2v) is 7.62. The lowest BCUT2D eigenvalue weighted by atomic mass is 9.83. The van der Waals surface area contributed by atoms with Crippen molar-refractivity contribution in [2.45, 2.75) is 39.5 Å². The van der Waals surface area contributed by atoms with E-state index in [1.807, 2.05) is 12.3 Å². The Morgan fingerprint density at radius 3 is 2.60 bits per heavy atom. The molecule has 25 heavy (non-hydrogen) atoms. The summed E-state index contributed by atoms with van der Waals surface area (Å²) in [4.78, 5) is 4.70. The van der Waals surface area contributed by atoms with Crippen molar-refractivity contribution in [3.63, 3.8) is 0 Å². The van der Waals surface area contributed by atoms with Crippen molar-refractivity contribution in [3.8, 4) is 22.4 Å². The highest BCUT2D eigenvalue weighted by Crippen LogP contribution is 2.49. The molecule has 0 unspecified atom stereocenters. The third-order valence-corrected chi connectivity index (χ3v) is 5.63. The molecule has 2 heteroatoms. The van der Waals surface area contributed by atoms with Gasteiger partial charge in [-0.2, -0.15) is 0 Å². The zero-order valence-corrected chi connectivity index (χ0v) is 15.7. The van der Waals surface area contributed by atoms with E-state index >= 15 is 0 Å². The minimum Gasteiger partial charge on any atom is -0.260 e. The molecule has 2 aromatic heterocycles. The van der Waals surface area contributed by atoms with Crippen LogP contribution in [0, 0.1) is 6.92 Å². The van der Waals surface area contributed by atoms with Crippen molar-refractivity contribution in [1.82, 2.24) is 4.98 Å². The molecule has 0 aliphatic heterocycles. The maximum atomic E-state index is 4.70. The molecule has 0 amide bonds. The zero-order chi connectivity index (χ0) is 17.8. The van der Waals surface area contributed by atoms with Crippen molar-refractivity contribution in [2.75, 3.05) is 0 Å². The second kappa shape index (κ2) is 5.52. The molecule has 0 saturated heterocycles. The van der Waals surface area contributed by atoms with Gasteiger partial charge in [-0.3, -0.25) is 4.98 Å². The molecule has 0 fully saturated rings. The molecule has 4 rings (SSSR count). The summed E-state index contributed by atoms with van der Waals surface area (Å²) < 4.78 is 2.22. The van der Waals surface area contributed by atoms with Gasteiger partial charge >= 0.3 is 0 Å². The predicted octanol–water partition coefficient (Wildman–Crippen LogP) is 4.75. The fourth-order valence-corrected chi connectivity index (χ4v) is 4.07. The first-order chi connectivity index (χ1) is 11.9. The summed E-state index contributed by atoms with van der Waals surface area (Å²) in [5.41, 5.74) is 10.4. The van der Waals surface area contributed by atoms with Crippen LogP contribution in [0.2, 0.25) is 0 Å². The lowest BCUT2D eigenvalue weighted by Crippen LogP contribution is -2.30. The van der Waals surface area contributed by atoms with E-state index in [-0.39, 0.29) is 5.41 Å². The predicted molar refractivity (Wildman–Crippen MR) is 103 cm³/mol. The van der Waals surface area contributed by atoms with Crippen molar-refractivity contribution in [2.24, 2.45) is 7.05 Å². The summed E-state index contributed by atoms with van der Waals surface area (Å²) in [6.07, 6.45) is 5.13. The molecule has 0 spiro atoms. The van der Waals surface area contributed by atoms with Gasteiger partial charge in [-0.05, 0) is 47.7 Å². The average molecular weight is 329 g/mol. The molecule has 0 saturated carbocycles. The third kappa shape index (κ3) is 2.31. The lowest BCUT2D eigenvalue weighted by Gasteiger charge is -2.21. The van der Waals surface area contributed by atoms with Gasteiger partial charge < -0.3 is 0 Å². The summed E-state index contributed by atoms with van der Waals surface area (Å²) >= 11 is 0. The molecule has 0 N–H and O–H groups in total. The van der Waals surface area contributed by atoms with E-state index in [0.29, 0.717) is 0 Å². The number of pyridine rings is 2. The molecule has 1 aliphatic rings. The Bertz CT molecular complexity index is 983. The van der Waals surface area contributed by atoms with E-state index in [1.54, 1.807) is 0 Å². The average Bonchev–Trinajstić information content (AvgIpc) is 2.83. The van der Waals surface area contributed by atoms with Crippen LogP contribution in [0.25, 0.3) is 22.4 Å². The van der Waals surface area contributed by atoms with Gasteiger partial charge in [-0.15, -0.1) is 0 Å². The Labute approximate surface area is 150 Å². The maximum absolute atomic E-state index is 4.70. The number of aromatic nitrogens is 2. The maximum Gasteiger partial charge on any atom is 0.212 e. The van der Waals surface area contributed by atoms with Gasteiger partial charge in [0.1, 0.15) is 7.05 Å². The summed E-state index contributed by atoms with van der Waals surface area (Å²) in [6.45, 7) is 8.99. The summed E-state index contributed by atoms with van der Waals surface area (Å²) in [7, 11) is 2.13. The van der Waals surface area contributed by atoms with Crippen LogP contribution in [0.5, 0.6) is 0 Å². The molecule has 1 aliphatic carbocycles. The first-order valence-electron chi connectivity index (χ1n) is 9.03. The lowest BCUT2D eigenvalue weighted by molar-refractivity contribution is -0.660. The van der Waals surface area contributed by atoms with Crippen LogP contribution in [-0.4, -0.2) is 4.98 Å². The molecule has 2 heterocycles. The van der Waals surface area contributed by atoms with E-state index in [9.17, 15) is 0 Å². The number of hydrogen-bond acceptors (Lipinski definition) is 1. The smallest absolute Gasteiger partial charge is 0.212 e. The fourth-order valence-electron chi connectivity index (χ4n) is 4.07. The third-order valence-electron chi connectivity index (χ3n) is 5.63. The number of aryl methyl sites for hydroxylation is 3. The molecule has 1 aromatic carbocycles. The van der Waals surface area contributed by atoms with Crippen LogP contribution in [-0.2, 0) is 18.9 Å². The quantitative estimate of drug-likeness (QED) is 0.620. The second-order valence-electron chi connectivity index (χ2n) is 7.62. The van der Waals surface area contributed by atoms with Crippen LogP contribution in [0.15, 0.2) is 48.8 Å². The monoisotopic (exact) mass is 329 g/mol. The molecule has 3 aromatic rings. The van der Waals surface area contributed by atoms with Crippen LogP contribution < -0.4 is 4.57 Å². The highest BCUT2D eigenvalue weighted by molar-refractivity contribution is 5.83. The summed E-state index contributed by atoms with van der Waals surface area (Å²) in [5, 5.41) is 0. The van der Waals surface area contributed by atoms with Gasteiger partial charge in [0, 0.05) is 34.9 Å². The van der Waals surface area contributed by atoms with Crippen LogP contribution in [0.3, 0.4) is 0 Å². The fraction of sp³-hybridized carbons (Fsp3) is 0.304. The van der Waals surface area contributed by atoms with Crippen molar-refractivity contribution >= 4 is 0 Å². The van der Waals surface area contributed by atoms with Gasteiger partial charge in [0.15, 0.2) is 6.20 Å². The normalized spacial score (nSPS) is 14.3. The zero-order valence-electron chi connectivity index (χ0n) is 15.7. The van der Waals surface area contributed by atoms with Crippen molar-refractivity contribution in [3.05, 3.63) is 71.2 Å². The van der Waals surface area contributed by atoms with Crippen molar-refractivity contribution in [1.29, 1.82) is 0 Å². The van der Waals surface area contributed by atoms with E-state index < -0.39 is 0 Å². The number of rotatable bonds is 2. The number of benzene rings is 1. The minimum absolute atomic E-state index is 0.0390. The first-order valence-corrected chi connectivity index (χ1v) is 9.03. The van der Waals surface area contributed by atoms with Gasteiger partial charge in [0.05, 0.1) is 5.69 Å². The Balaban J connectivity index is 1.99. The van der Waals surface area contributed by atoms with Crippen molar-refractivity contribution < 1.29 is 4.57 Å². The standard InChI is InChI=1S/C23H25N2/c1-6-16-9-11-25(5)21(13-16)18-14-19-17-8-7-10-24-22(17)23(3,4)20(19)12-15(18)2/h7-14H,6H2,1-5H3/q+1. The van der Waals surface area contributed by atoms with Crippen LogP contribution >= 0.6 is 0 Å². The van der Waals surface area contributed by atoms with Gasteiger partial charge in [-0.1, -0.05) is 32.9 Å². The van der Waals surface area contributed by atoms with Crippen LogP contribution in [0.1, 0.15) is 43.2 Å². The van der Waals surface area contributed by atoms with Gasteiger partial charge in [0.25, 0.3) is 0 Å². The molecule has 2 nitrogen and oxygen atoms in total. The highest BCUT2D eigenvalue weighted by atomic mass is 14.9. The molecular formula is C23H25N2+. The Hall–Kier alpha value is -2.48. The Kier molecular flexibility index (Phi) is 3.54. The molecular weight excluding hydrogens is 304 g/mol. The van der Waals surface area contributed by atoms with E-state index in [1.165, 1.54) is 44.8 Å². The number of hydrogen-bond donors (Lipinski definition) is 0. The van der Waals surface area contributed by atoms with Gasteiger partial charge in [0.2, 0.25) is 5.69 Å². The summed E-state index contributed by atoms with van der Waals surface area (Å²) in [6, 6.07) is 13.5. The largest absolute Gasteiger partial charge is 0.260 e. The summed E-state index contributed by atoms with van der Waals surface area (Å²) in [5.74, 6) is 0. The molecule has 0 atom stereocenters. The minimum atomic E-state index is -0.0390.